The molecule has 0 aromatic rings. The lowest BCUT2D eigenvalue weighted by atomic mass is 9.56. The molecule has 0 bridgehead atoms. The fraction of sp³-hybridized carbons (Fsp3) is 0.916. The minimum atomic E-state index is -2.32. The molecule has 6 saturated heterocycles. The number of hydrogen-bond acceptors (Lipinski definition) is 32. The van der Waals surface area contributed by atoms with E-state index in [0.717, 1.165) is 13.8 Å². The number of aliphatic carboxylic acids is 6. The summed E-state index contributed by atoms with van der Waals surface area (Å²) in [4.78, 5) is 103. The van der Waals surface area contributed by atoms with Gasteiger partial charge in [0.05, 0.1) is 110 Å². The number of carbonyl (C=O) groups is 8. The fourth-order valence-electron chi connectivity index (χ4n) is 24.9. The molecule has 38 atom stereocenters. The van der Waals surface area contributed by atoms with Crippen LogP contribution in [-0.4, -0.2) is 362 Å². The van der Waals surface area contributed by atoms with E-state index in [2.05, 4.69) is 10.6 Å². The average molecular weight is 1950 g/mol. The Balaban J connectivity index is 0.000000441. The monoisotopic (exact) mass is 1950 g/mol. The lowest BCUT2D eigenvalue weighted by Crippen LogP contribution is -2.68. The molecular formula is C95H170N2O38. The lowest BCUT2D eigenvalue weighted by Gasteiger charge is -2.55. The highest BCUT2D eigenvalue weighted by atomic mass is 16.6. The van der Waals surface area contributed by atoms with Crippen molar-refractivity contribution in [2.45, 2.75) is 456 Å². The summed E-state index contributed by atoms with van der Waals surface area (Å²) in [7, 11) is 0. The number of nitrogens with one attached hydrogen (secondary N) is 2. The molecular weight excluding hydrogens is 1780 g/mol. The lowest BCUT2D eigenvalue weighted by molar-refractivity contribution is -0.259. The first kappa shape index (κ1) is 112. The van der Waals surface area contributed by atoms with Gasteiger partial charge in [0, 0.05) is 84.3 Å². The average Bonchev–Trinajstić information content (AvgIpc) is 0.739. The van der Waals surface area contributed by atoms with Gasteiger partial charge < -0.3 is 162 Å². The molecule has 0 aromatic carbocycles. The fourth-order valence-corrected chi connectivity index (χ4v) is 24.9. The first-order chi connectivity index (χ1) is 64.7. The van der Waals surface area contributed by atoms with Crippen LogP contribution in [0.3, 0.4) is 0 Å². The molecule has 26 N–H and O–H groups in total. The maximum atomic E-state index is 13.3. The first-order valence-electron chi connectivity index (χ1n) is 50.9. The zero-order valence-electron chi connectivity index (χ0n) is 88.2. The Morgan fingerprint density at radius 3 is 0.563 bits per heavy atom. The van der Waals surface area contributed by atoms with Gasteiger partial charge in [0.25, 0.3) is 0 Å². The molecule has 6 aliphatic heterocycles. The Hall–Kier alpha value is -5.20. The smallest absolute Gasteiger partial charge is 0.336 e. The molecule has 135 heavy (non-hydrogen) atoms. The summed E-state index contributed by atoms with van der Waals surface area (Å²) < 4.78 is 82.0. The second-order valence-corrected chi connectivity index (χ2v) is 43.2. The number of carboxylic acid groups (broad SMARTS) is 6. The molecule has 6 rings (SSSR count). The van der Waals surface area contributed by atoms with Crippen LogP contribution in [0.1, 0.15) is 272 Å². The highest BCUT2D eigenvalue weighted by molar-refractivity contribution is 5.82. The molecule has 0 saturated carbocycles. The van der Waals surface area contributed by atoms with Crippen LogP contribution < -0.4 is 10.6 Å². The normalized spacial score (nSPS) is 37.3. The van der Waals surface area contributed by atoms with Crippen LogP contribution in [-0.2, 0) is 66.8 Å². The van der Waals surface area contributed by atoms with Gasteiger partial charge in [-0.1, -0.05) is 132 Å². The van der Waals surface area contributed by atoms with E-state index in [9.17, 15) is 161 Å². The molecule has 38 unspecified atom stereocenters. The highest BCUT2D eigenvalue weighted by Crippen LogP contribution is 2.60. The quantitative estimate of drug-likeness (QED) is 0.0416. The van der Waals surface area contributed by atoms with Crippen LogP contribution in [0.4, 0.5) is 0 Å². The number of amides is 2. The van der Waals surface area contributed by atoms with Gasteiger partial charge in [0.1, 0.15) is 48.8 Å². The Labute approximate surface area is 802 Å². The zero-order valence-corrected chi connectivity index (χ0v) is 82.2. The Bertz CT molecular complexity index is 3750. The number of hydrogen-bond donors (Lipinski definition) is 26. The predicted octanol–water partition coefficient (Wildman–Crippen LogP) is 1.95. The summed E-state index contributed by atoms with van der Waals surface area (Å²) in [5.74, 6) is -16.0. The van der Waals surface area contributed by atoms with E-state index < -0.39 is 397 Å². The summed E-state index contributed by atoms with van der Waals surface area (Å²) >= 11 is 0. The van der Waals surface area contributed by atoms with E-state index in [-0.39, 0.29) is 54.3 Å². The highest BCUT2D eigenvalue weighted by Gasteiger charge is 2.67. The molecule has 6 aliphatic rings. The van der Waals surface area contributed by atoms with Crippen LogP contribution >= 0.6 is 0 Å². The zero-order chi connectivity index (χ0) is 109. The molecule has 2 amide bonds. The van der Waals surface area contributed by atoms with Gasteiger partial charge in [0.2, 0.25) is 11.8 Å². The van der Waals surface area contributed by atoms with Crippen molar-refractivity contribution in [3.05, 3.63) is 0 Å². The van der Waals surface area contributed by atoms with Crippen molar-refractivity contribution in [3.8, 4) is 0 Å². The second-order valence-electron chi connectivity index (χ2n) is 43.2. The van der Waals surface area contributed by atoms with Gasteiger partial charge in [-0.25, -0.2) is 28.8 Å². The van der Waals surface area contributed by atoms with Gasteiger partial charge in [0.15, 0.2) is 33.6 Å². The third-order valence-electron chi connectivity index (χ3n) is 29.8. The summed E-state index contributed by atoms with van der Waals surface area (Å²) in [6.45, 7) is 32.2. The van der Waals surface area contributed by atoms with Crippen LogP contribution in [0.25, 0.3) is 0 Å². The van der Waals surface area contributed by atoms with Crippen LogP contribution in [0.15, 0.2) is 0 Å². The molecule has 0 aromatic heterocycles. The van der Waals surface area contributed by atoms with Gasteiger partial charge >= 0.3 is 35.8 Å². The third kappa shape index (κ3) is 27.8. The van der Waals surface area contributed by atoms with Crippen LogP contribution in [0.2, 0.25) is 0 Å². The molecule has 40 heteroatoms. The molecule has 788 valence electrons. The minimum Gasteiger partial charge on any atom is -0.479 e. The first-order valence-corrected chi connectivity index (χ1v) is 46.7. The number of carboxylic acids is 6. The van der Waals surface area contributed by atoms with E-state index in [4.69, 9.17) is 36.6 Å². The van der Waals surface area contributed by atoms with Crippen LogP contribution in [0, 0.1) is 93.2 Å². The molecule has 40 nitrogen and oxygen atoms in total. The van der Waals surface area contributed by atoms with Crippen molar-refractivity contribution in [2.75, 3.05) is 0 Å². The third-order valence-corrected chi connectivity index (χ3v) is 29.8. The summed E-state index contributed by atoms with van der Waals surface area (Å²) in [6.07, 6.45) is -43.3. The largest absolute Gasteiger partial charge is 0.479 e. The van der Waals surface area contributed by atoms with Crippen molar-refractivity contribution in [3.63, 3.8) is 0 Å². The Morgan fingerprint density at radius 1 is 0.289 bits per heavy atom. The van der Waals surface area contributed by atoms with E-state index in [1.54, 1.807) is 34.6 Å². The molecule has 0 radical (unpaired) electrons. The summed E-state index contributed by atoms with van der Waals surface area (Å²) in [5.41, 5.74) is -17.4. The van der Waals surface area contributed by atoms with E-state index in [1.807, 2.05) is 83.1 Å². The van der Waals surface area contributed by atoms with Crippen molar-refractivity contribution >= 4 is 47.6 Å². The summed E-state index contributed by atoms with van der Waals surface area (Å²) in [6, 6.07) is -2.73. The number of ether oxygens (including phenoxy) is 6. The van der Waals surface area contributed by atoms with Crippen LogP contribution in [0.5, 0.6) is 0 Å². The predicted molar refractivity (Wildman–Crippen MR) is 485 cm³/mol. The standard InChI is InChI=1S/2C32H57NO13.C31H56O12/c2*1-14(2)22(15(3)4)30(9,12-31(28(41)42)10-20(37)16(5)26(45-31)24(39)17(6)34)13-32(29(43)44)11-21(38)23(33-19(8)36)27(46-32)25(40)18(7)35;1-14(2)22(15(3)4)29(9,12-30(27(38)39)10-20(34)16(5)25(42-30)23(36)18(7)32)13-31(28(40)41)11-21(35)17(6)26(43-31)24(37)19(8)33/h2*14-18,20-27,34-35,37-40H,10-13H2,1-9H3,(H,33,36)(H,41,42)(H,43,44);14-26,32-37H,10-13H2,1-9H3,(H,38,39)(H,40,41)/i2*6D,7D;7D,8D. The van der Waals surface area contributed by atoms with E-state index >= 15 is 0 Å². The topological polar surface area (TPSA) is 702 Å². The molecule has 0 aliphatic carbocycles. The van der Waals surface area contributed by atoms with Gasteiger partial charge in [-0.3, -0.25) is 9.59 Å². The minimum absolute atomic E-state index is 0.135. The van der Waals surface area contributed by atoms with Crippen molar-refractivity contribution in [2.24, 2.45) is 93.2 Å². The molecule has 6 fully saturated rings. The van der Waals surface area contributed by atoms with Crippen molar-refractivity contribution in [1.82, 2.24) is 10.6 Å². The SMILES string of the molecule is [2H]CC(O)C(O)C1OC(CC(C)(CC2(C(=O)O)CC(O)C(C)C(C(O)C(O)C[2H])O2)C(C(C)C)C(C)C)(C(=O)O)CC(O)C1C.[2H]CC(O)C(O)C1OC(CC(C)(CC2(C(=O)O)CC(O)C(NC(C)=O)C(C(O)C(O)C[2H])O2)C(C(C)C)C(C)C)(C(=O)O)CC(O)C1C.[2H]CC(O)C(O)C1OC(CC(C)(CC2(C(=O)O)CC(O)C(NC(C)=O)C(C(O)C(O)C[2H])O2)C(C(C)C)C(C)C)(C(=O)O)CC(O)C1C. The van der Waals surface area contributed by atoms with Gasteiger partial charge in [-0.15, -0.1) is 0 Å². The summed E-state index contributed by atoms with van der Waals surface area (Å²) in [5, 5.41) is 263. The van der Waals surface area contributed by atoms with E-state index in [0.29, 0.717) is 0 Å². The Morgan fingerprint density at radius 2 is 0.430 bits per heavy atom. The second kappa shape index (κ2) is 47.8. The number of rotatable bonds is 41. The maximum Gasteiger partial charge on any atom is 0.336 e. The van der Waals surface area contributed by atoms with Crippen molar-refractivity contribution < 1.29 is 198 Å². The van der Waals surface area contributed by atoms with E-state index in [1.165, 1.54) is 13.8 Å². The number of aliphatic hydroxyl groups excluding tert-OH is 18. The van der Waals surface area contributed by atoms with Crippen molar-refractivity contribution in [1.29, 1.82) is 0 Å². The molecule has 0 spiro atoms. The van der Waals surface area contributed by atoms with Gasteiger partial charge in [-0.05, 0) is 149 Å². The molecule has 6 heterocycles. The maximum absolute atomic E-state index is 13.3. The number of aliphatic hydroxyl groups is 18. The van der Waals surface area contributed by atoms with Gasteiger partial charge in [-0.2, -0.15) is 0 Å². The number of carbonyl (C=O) groups excluding carboxylic acids is 2. The Kier molecular flexibility index (Phi) is 39.6.